The largest absolute Gasteiger partial charge is 0.425 e. The van der Waals surface area contributed by atoms with Gasteiger partial charge in [0.05, 0.1) is 0 Å². The van der Waals surface area contributed by atoms with Crippen molar-refractivity contribution < 1.29 is 14.3 Å². The predicted molar refractivity (Wildman–Crippen MR) is 144 cm³/mol. The average Bonchev–Trinajstić information content (AvgIpc) is 3.13. The molecular formula is C32H44O3. The SMILES string of the molecule is CC(=O)c1ccc(C2C(=O)Oc3ccc(CCCCCC(C)C)cc32)cc1CCCCCC(C)C. The first-order valence-corrected chi connectivity index (χ1v) is 13.7. The molecule has 1 aliphatic rings. The fraction of sp³-hybridized carbons (Fsp3) is 0.562. The number of ether oxygens (including phenoxy) is 1. The number of rotatable bonds is 14. The van der Waals surface area contributed by atoms with E-state index in [0.717, 1.165) is 59.8 Å². The number of benzene rings is 2. The number of Topliss-reactive ketones (excluding diaryl/α,β-unsaturated/α-hetero) is 1. The van der Waals surface area contributed by atoms with Gasteiger partial charge in [0.15, 0.2) is 5.78 Å². The quantitative estimate of drug-likeness (QED) is 0.119. The molecule has 0 saturated carbocycles. The minimum Gasteiger partial charge on any atom is -0.425 e. The normalized spacial score (nSPS) is 15.1. The Morgan fingerprint density at radius 1 is 0.829 bits per heavy atom. The van der Waals surface area contributed by atoms with Gasteiger partial charge in [0.25, 0.3) is 0 Å². The molecule has 0 bridgehead atoms. The summed E-state index contributed by atoms with van der Waals surface area (Å²) in [5.41, 5.74) is 5.00. The Balaban J connectivity index is 1.74. The van der Waals surface area contributed by atoms with E-state index in [-0.39, 0.29) is 11.8 Å². The van der Waals surface area contributed by atoms with E-state index in [4.69, 9.17) is 4.74 Å². The van der Waals surface area contributed by atoms with E-state index in [1.54, 1.807) is 6.92 Å². The molecule has 3 nitrogen and oxygen atoms in total. The summed E-state index contributed by atoms with van der Waals surface area (Å²) in [4.78, 5) is 25.2. The van der Waals surface area contributed by atoms with Gasteiger partial charge in [-0.2, -0.15) is 0 Å². The van der Waals surface area contributed by atoms with Gasteiger partial charge in [-0.25, -0.2) is 0 Å². The van der Waals surface area contributed by atoms with Crippen LogP contribution in [0, 0.1) is 11.8 Å². The molecule has 0 N–H and O–H groups in total. The van der Waals surface area contributed by atoms with Crippen molar-refractivity contribution >= 4 is 11.8 Å². The van der Waals surface area contributed by atoms with Crippen LogP contribution in [0.25, 0.3) is 0 Å². The van der Waals surface area contributed by atoms with Crippen LogP contribution >= 0.6 is 0 Å². The summed E-state index contributed by atoms with van der Waals surface area (Å²) >= 11 is 0. The molecule has 0 amide bonds. The molecule has 1 unspecified atom stereocenters. The molecule has 0 aliphatic carbocycles. The van der Waals surface area contributed by atoms with Crippen LogP contribution in [-0.4, -0.2) is 11.8 Å². The first-order chi connectivity index (χ1) is 16.8. The second kappa shape index (κ2) is 13.0. The Labute approximate surface area is 212 Å². The maximum absolute atomic E-state index is 12.9. The fourth-order valence-corrected chi connectivity index (χ4v) is 5.13. The Hall–Kier alpha value is -2.42. The molecule has 190 valence electrons. The highest BCUT2D eigenvalue weighted by Gasteiger charge is 2.35. The molecule has 1 atom stereocenters. The van der Waals surface area contributed by atoms with E-state index >= 15 is 0 Å². The first-order valence-electron chi connectivity index (χ1n) is 13.7. The lowest BCUT2D eigenvalue weighted by Crippen LogP contribution is -2.13. The van der Waals surface area contributed by atoms with Gasteiger partial charge in [0.2, 0.25) is 0 Å². The number of unbranched alkanes of at least 4 members (excludes halogenated alkanes) is 4. The van der Waals surface area contributed by atoms with Gasteiger partial charge < -0.3 is 4.74 Å². The lowest BCUT2D eigenvalue weighted by atomic mass is 9.87. The molecule has 35 heavy (non-hydrogen) atoms. The van der Waals surface area contributed by atoms with Crippen LogP contribution in [0.5, 0.6) is 5.75 Å². The van der Waals surface area contributed by atoms with Gasteiger partial charge in [0.1, 0.15) is 11.7 Å². The zero-order chi connectivity index (χ0) is 25.4. The monoisotopic (exact) mass is 476 g/mol. The highest BCUT2D eigenvalue weighted by atomic mass is 16.5. The number of hydrogen-bond donors (Lipinski definition) is 0. The third-order valence-corrected chi connectivity index (χ3v) is 7.15. The molecule has 3 rings (SSSR count). The predicted octanol–water partition coefficient (Wildman–Crippen LogP) is 8.46. The summed E-state index contributed by atoms with van der Waals surface area (Å²) in [7, 11) is 0. The maximum Gasteiger partial charge on any atom is 0.323 e. The van der Waals surface area contributed by atoms with Crippen molar-refractivity contribution in [3.63, 3.8) is 0 Å². The number of aryl methyl sites for hydroxylation is 2. The first kappa shape index (κ1) is 27.2. The molecule has 1 aliphatic heterocycles. The topological polar surface area (TPSA) is 43.4 Å². The standard InChI is InChI=1S/C32H44O3/c1-22(2)12-8-6-10-14-25-16-19-30-29(20-25)31(32(34)35-30)27-17-18-28(24(5)33)26(21-27)15-11-7-9-13-23(3)4/h16-23,31H,6-15H2,1-5H3. The van der Waals surface area contributed by atoms with E-state index in [0.29, 0.717) is 5.75 Å². The molecule has 2 aromatic rings. The van der Waals surface area contributed by atoms with Gasteiger partial charge in [-0.15, -0.1) is 0 Å². The zero-order valence-electron chi connectivity index (χ0n) is 22.5. The van der Waals surface area contributed by atoms with Crippen molar-refractivity contribution in [2.45, 2.75) is 105 Å². The lowest BCUT2D eigenvalue weighted by molar-refractivity contribution is -0.133. The summed E-state index contributed by atoms with van der Waals surface area (Å²) in [5, 5.41) is 0. The lowest BCUT2D eigenvalue weighted by Gasteiger charge is -2.14. The molecule has 0 spiro atoms. The molecule has 3 heteroatoms. The smallest absolute Gasteiger partial charge is 0.323 e. The van der Waals surface area contributed by atoms with Crippen LogP contribution in [0.4, 0.5) is 0 Å². The Bertz CT molecular complexity index is 1000. The van der Waals surface area contributed by atoms with E-state index in [9.17, 15) is 9.59 Å². The summed E-state index contributed by atoms with van der Waals surface area (Å²) in [6.45, 7) is 10.7. The summed E-state index contributed by atoms with van der Waals surface area (Å²) < 4.78 is 5.65. The molecular weight excluding hydrogens is 432 g/mol. The van der Waals surface area contributed by atoms with Crippen molar-refractivity contribution in [2.75, 3.05) is 0 Å². The number of carbonyl (C=O) groups is 2. The van der Waals surface area contributed by atoms with Crippen molar-refractivity contribution in [1.29, 1.82) is 0 Å². The maximum atomic E-state index is 12.9. The van der Waals surface area contributed by atoms with Crippen LogP contribution in [-0.2, 0) is 17.6 Å². The third-order valence-electron chi connectivity index (χ3n) is 7.15. The van der Waals surface area contributed by atoms with Gasteiger partial charge in [-0.3, -0.25) is 9.59 Å². The van der Waals surface area contributed by atoms with Crippen LogP contribution in [0.15, 0.2) is 36.4 Å². The van der Waals surface area contributed by atoms with Crippen LogP contribution in [0.3, 0.4) is 0 Å². The van der Waals surface area contributed by atoms with Crippen molar-refractivity contribution in [3.8, 4) is 5.75 Å². The van der Waals surface area contributed by atoms with Gasteiger partial charge in [-0.1, -0.05) is 96.6 Å². The Morgan fingerprint density at radius 2 is 1.49 bits per heavy atom. The highest BCUT2D eigenvalue weighted by molar-refractivity contribution is 5.96. The summed E-state index contributed by atoms with van der Waals surface area (Å²) in [6.07, 6.45) is 11.5. The second-order valence-corrected chi connectivity index (χ2v) is 11.2. The van der Waals surface area contributed by atoms with Crippen molar-refractivity contribution in [3.05, 3.63) is 64.2 Å². The molecule has 0 saturated heterocycles. The highest BCUT2D eigenvalue weighted by Crippen LogP contribution is 2.40. The molecule has 0 aromatic heterocycles. The number of esters is 1. The Kier molecular flexibility index (Phi) is 10.1. The van der Waals surface area contributed by atoms with Gasteiger partial charge in [-0.05, 0) is 67.2 Å². The molecule has 0 radical (unpaired) electrons. The number of ketones is 1. The van der Waals surface area contributed by atoms with Gasteiger partial charge in [0, 0.05) is 11.1 Å². The zero-order valence-corrected chi connectivity index (χ0v) is 22.5. The Morgan fingerprint density at radius 3 is 2.11 bits per heavy atom. The number of carbonyl (C=O) groups excluding carboxylic acids is 2. The van der Waals surface area contributed by atoms with Crippen molar-refractivity contribution in [1.82, 2.24) is 0 Å². The second-order valence-electron chi connectivity index (χ2n) is 11.2. The average molecular weight is 477 g/mol. The van der Waals surface area contributed by atoms with Crippen LogP contribution in [0.2, 0.25) is 0 Å². The van der Waals surface area contributed by atoms with Crippen LogP contribution in [0.1, 0.15) is 125 Å². The van der Waals surface area contributed by atoms with E-state index < -0.39 is 5.92 Å². The molecule has 2 aromatic carbocycles. The minimum absolute atomic E-state index is 0.0860. The van der Waals surface area contributed by atoms with Crippen molar-refractivity contribution in [2.24, 2.45) is 11.8 Å². The van der Waals surface area contributed by atoms with Crippen LogP contribution < -0.4 is 4.74 Å². The van der Waals surface area contributed by atoms with E-state index in [1.807, 2.05) is 18.2 Å². The van der Waals surface area contributed by atoms with E-state index in [1.165, 1.54) is 44.1 Å². The third kappa shape index (κ3) is 7.78. The van der Waals surface area contributed by atoms with Gasteiger partial charge >= 0.3 is 5.97 Å². The van der Waals surface area contributed by atoms with E-state index in [2.05, 4.69) is 45.9 Å². The summed E-state index contributed by atoms with van der Waals surface area (Å²) in [5.74, 6) is 1.62. The molecule has 1 heterocycles. The number of hydrogen-bond acceptors (Lipinski definition) is 3. The minimum atomic E-state index is -0.411. The number of fused-ring (bicyclic) bond motifs is 1. The molecule has 0 fully saturated rings. The fourth-order valence-electron chi connectivity index (χ4n) is 5.13. The summed E-state index contributed by atoms with van der Waals surface area (Å²) in [6, 6.07) is 12.1.